The zero-order valence-electron chi connectivity index (χ0n) is 8.07. The zero-order valence-corrected chi connectivity index (χ0v) is 8.07. The summed E-state index contributed by atoms with van der Waals surface area (Å²) in [6.07, 6.45) is -1.42. The Morgan fingerprint density at radius 2 is 2.14 bits per heavy atom. The van der Waals surface area contributed by atoms with Gasteiger partial charge in [-0.15, -0.1) is 0 Å². The van der Waals surface area contributed by atoms with E-state index in [1.54, 1.807) is 6.07 Å². The van der Waals surface area contributed by atoms with Crippen LogP contribution in [0.1, 0.15) is 13.8 Å². The van der Waals surface area contributed by atoms with Crippen molar-refractivity contribution in [2.45, 2.75) is 20.0 Å². The van der Waals surface area contributed by atoms with Crippen LogP contribution in [0.25, 0.3) is 0 Å². The van der Waals surface area contributed by atoms with E-state index in [-0.39, 0.29) is 6.54 Å². The van der Waals surface area contributed by atoms with Gasteiger partial charge in [-0.1, -0.05) is 0 Å². The third-order valence-electron chi connectivity index (χ3n) is 1.63. The number of primary amides is 1. The van der Waals surface area contributed by atoms with Gasteiger partial charge in [0, 0.05) is 0 Å². The number of nitrogens with two attached hydrogens (primary N) is 1. The van der Waals surface area contributed by atoms with Crippen LogP contribution < -0.4 is 11.1 Å². The number of carbonyl (C=O) groups is 2. The summed E-state index contributed by atoms with van der Waals surface area (Å²) in [6, 6.07) is 1.78. The number of aliphatic hydroxyl groups excluding tert-OH is 1. The first kappa shape index (κ1) is 12.4. The molecular formula is C8H13N3O3. The first-order valence-corrected chi connectivity index (χ1v) is 3.98. The van der Waals surface area contributed by atoms with Crippen LogP contribution in [-0.4, -0.2) is 29.6 Å². The van der Waals surface area contributed by atoms with Crippen molar-refractivity contribution < 1.29 is 14.7 Å². The minimum absolute atomic E-state index is 0.278. The van der Waals surface area contributed by atoms with Crippen LogP contribution in [0, 0.1) is 16.7 Å². The van der Waals surface area contributed by atoms with E-state index in [0.717, 1.165) is 0 Å². The Kier molecular flexibility index (Phi) is 4.05. The van der Waals surface area contributed by atoms with E-state index >= 15 is 0 Å². The van der Waals surface area contributed by atoms with Crippen molar-refractivity contribution in [3.8, 4) is 6.07 Å². The molecule has 0 aliphatic carbocycles. The highest BCUT2D eigenvalue weighted by Gasteiger charge is 2.27. The molecule has 0 saturated carbocycles. The predicted molar refractivity (Wildman–Crippen MR) is 47.6 cm³/mol. The minimum Gasteiger partial charge on any atom is -0.381 e. The molecule has 0 saturated heterocycles. The molecule has 0 rings (SSSR count). The highest BCUT2D eigenvalue weighted by Crippen LogP contribution is 2.12. The summed E-state index contributed by atoms with van der Waals surface area (Å²) >= 11 is 0. The summed E-state index contributed by atoms with van der Waals surface area (Å²) in [6.45, 7) is 2.58. The third kappa shape index (κ3) is 3.41. The lowest BCUT2D eigenvalue weighted by Crippen LogP contribution is -2.44. The Morgan fingerprint density at radius 1 is 1.64 bits per heavy atom. The lowest BCUT2D eigenvalue weighted by atomic mass is 9.95. The van der Waals surface area contributed by atoms with Gasteiger partial charge in [0.1, 0.15) is 11.5 Å². The van der Waals surface area contributed by atoms with Gasteiger partial charge in [-0.3, -0.25) is 9.59 Å². The Labute approximate surface area is 81.7 Å². The molecule has 6 nitrogen and oxygen atoms in total. The lowest BCUT2D eigenvalue weighted by Gasteiger charge is -2.15. The maximum atomic E-state index is 11.2. The zero-order chi connectivity index (χ0) is 11.4. The minimum atomic E-state index is -1.42. The summed E-state index contributed by atoms with van der Waals surface area (Å²) in [5, 5.41) is 19.8. The normalized spacial score (nSPS) is 12.7. The molecule has 0 aromatic heterocycles. The second-order valence-electron chi connectivity index (χ2n) is 3.36. The lowest BCUT2D eigenvalue weighted by molar-refractivity contribution is -0.129. The highest BCUT2D eigenvalue weighted by molar-refractivity contribution is 5.85. The Bertz CT molecular complexity index is 280. The summed E-state index contributed by atoms with van der Waals surface area (Å²) in [7, 11) is 0. The third-order valence-corrected chi connectivity index (χ3v) is 1.63. The molecule has 6 heteroatoms. The van der Waals surface area contributed by atoms with Crippen LogP contribution in [0.2, 0.25) is 0 Å². The number of aliphatic hydroxyl groups is 1. The molecule has 0 aromatic carbocycles. The van der Waals surface area contributed by atoms with E-state index < -0.39 is 23.3 Å². The van der Waals surface area contributed by atoms with Crippen LogP contribution >= 0.6 is 0 Å². The molecule has 0 aromatic rings. The predicted octanol–water partition coefficient (Wildman–Crippen LogP) is -1.50. The molecule has 0 spiro atoms. The fraction of sp³-hybridized carbons (Fsp3) is 0.625. The summed E-state index contributed by atoms with van der Waals surface area (Å²) < 4.78 is 0. The maximum Gasteiger partial charge on any atom is 0.248 e. The molecule has 2 amide bonds. The van der Waals surface area contributed by atoms with Crippen LogP contribution in [0.15, 0.2) is 0 Å². The van der Waals surface area contributed by atoms with Gasteiger partial charge in [-0.25, -0.2) is 0 Å². The number of rotatable bonds is 4. The second-order valence-corrected chi connectivity index (χ2v) is 3.36. The monoisotopic (exact) mass is 199 g/mol. The first-order chi connectivity index (χ1) is 6.31. The first-order valence-electron chi connectivity index (χ1n) is 3.98. The van der Waals surface area contributed by atoms with Crippen molar-refractivity contribution in [2.24, 2.45) is 11.1 Å². The van der Waals surface area contributed by atoms with Crippen LogP contribution in [0.4, 0.5) is 0 Å². The fourth-order valence-corrected chi connectivity index (χ4v) is 0.562. The van der Waals surface area contributed by atoms with Gasteiger partial charge in [-0.2, -0.15) is 5.26 Å². The van der Waals surface area contributed by atoms with Crippen molar-refractivity contribution in [1.82, 2.24) is 5.32 Å². The molecule has 0 aliphatic rings. The fourth-order valence-electron chi connectivity index (χ4n) is 0.562. The smallest absolute Gasteiger partial charge is 0.248 e. The molecule has 0 heterocycles. The average Bonchev–Trinajstić information content (AvgIpc) is 2.13. The number of hydrogen-bond donors (Lipinski definition) is 3. The summed E-state index contributed by atoms with van der Waals surface area (Å²) in [4.78, 5) is 21.6. The number of nitrogens with one attached hydrogen (secondary N) is 1. The summed E-state index contributed by atoms with van der Waals surface area (Å²) in [5.41, 5.74) is 3.58. The number of nitriles is 1. The second kappa shape index (κ2) is 4.58. The van der Waals surface area contributed by atoms with Gasteiger partial charge in [0.2, 0.25) is 11.8 Å². The van der Waals surface area contributed by atoms with Crippen molar-refractivity contribution in [1.29, 1.82) is 5.26 Å². The van der Waals surface area contributed by atoms with E-state index in [1.807, 2.05) is 0 Å². The number of amides is 2. The number of carbonyl (C=O) groups excluding carboxylic acids is 2. The Morgan fingerprint density at radius 3 is 2.50 bits per heavy atom. The Balaban J connectivity index is 4.12. The molecule has 4 N–H and O–H groups in total. The summed E-state index contributed by atoms with van der Waals surface area (Å²) in [5.74, 6) is -1.47. The standard InChI is InChI=1S/C8H13N3O3/c1-8(2,4-9)7(14)11-3-5(12)6(10)13/h5,12H,3H2,1-2H3,(H2,10,13)(H,11,14). The molecule has 78 valence electrons. The number of hydrogen-bond acceptors (Lipinski definition) is 4. The van der Waals surface area contributed by atoms with Gasteiger partial charge in [0.25, 0.3) is 0 Å². The highest BCUT2D eigenvalue weighted by atomic mass is 16.3. The molecule has 0 aliphatic heterocycles. The van der Waals surface area contributed by atoms with Crippen LogP contribution in [0.5, 0.6) is 0 Å². The largest absolute Gasteiger partial charge is 0.381 e. The number of nitrogens with zero attached hydrogens (tertiary/aromatic N) is 1. The molecule has 0 bridgehead atoms. The van der Waals surface area contributed by atoms with E-state index in [2.05, 4.69) is 5.32 Å². The van der Waals surface area contributed by atoms with Crippen LogP contribution in [0.3, 0.4) is 0 Å². The van der Waals surface area contributed by atoms with E-state index in [0.29, 0.717) is 0 Å². The van der Waals surface area contributed by atoms with Crippen molar-refractivity contribution in [3.05, 3.63) is 0 Å². The van der Waals surface area contributed by atoms with Crippen molar-refractivity contribution in [3.63, 3.8) is 0 Å². The van der Waals surface area contributed by atoms with Gasteiger partial charge < -0.3 is 16.2 Å². The molecular weight excluding hydrogens is 186 g/mol. The van der Waals surface area contributed by atoms with Crippen molar-refractivity contribution in [2.75, 3.05) is 6.54 Å². The van der Waals surface area contributed by atoms with Crippen molar-refractivity contribution >= 4 is 11.8 Å². The van der Waals surface area contributed by atoms with Crippen LogP contribution in [-0.2, 0) is 9.59 Å². The molecule has 0 fully saturated rings. The van der Waals surface area contributed by atoms with Gasteiger partial charge >= 0.3 is 0 Å². The van der Waals surface area contributed by atoms with E-state index in [1.165, 1.54) is 13.8 Å². The average molecular weight is 199 g/mol. The topological polar surface area (TPSA) is 116 Å². The van der Waals surface area contributed by atoms with Gasteiger partial charge in [0.15, 0.2) is 0 Å². The van der Waals surface area contributed by atoms with E-state index in [9.17, 15) is 9.59 Å². The van der Waals surface area contributed by atoms with Gasteiger partial charge in [-0.05, 0) is 13.8 Å². The molecule has 1 atom stereocenters. The SMILES string of the molecule is CC(C)(C#N)C(=O)NCC(O)C(N)=O. The van der Waals surface area contributed by atoms with Gasteiger partial charge in [0.05, 0.1) is 12.6 Å². The maximum absolute atomic E-state index is 11.2. The quantitative estimate of drug-likeness (QED) is 0.510. The Hall–Kier alpha value is -1.61. The van der Waals surface area contributed by atoms with E-state index in [4.69, 9.17) is 16.1 Å². The molecule has 14 heavy (non-hydrogen) atoms. The molecule has 1 unspecified atom stereocenters. The molecule has 0 radical (unpaired) electrons.